The number of pyridine rings is 1. The van der Waals surface area contributed by atoms with Crippen LogP contribution in [0.2, 0.25) is 0 Å². The summed E-state index contributed by atoms with van der Waals surface area (Å²) in [6.07, 6.45) is 4.26. The van der Waals surface area contributed by atoms with Crippen molar-refractivity contribution in [2.45, 2.75) is 19.4 Å². The van der Waals surface area contributed by atoms with Crippen LogP contribution in [0.25, 0.3) is 0 Å². The number of carbonyl (C=O) groups is 1. The number of rotatable bonds is 5. The van der Waals surface area contributed by atoms with Crippen LogP contribution in [0.1, 0.15) is 18.4 Å². The molecule has 0 spiro atoms. The van der Waals surface area contributed by atoms with E-state index in [-0.39, 0.29) is 19.2 Å². The molecule has 1 fully saturated rings. The van der Waals surface area contributed by atoms with E-state index in [1.165, 1.54) is 12.8 Å². The molecule has 0 bridgehead atoms. The fourth-order valence-electron chi connectivity index (χ4n) is 2.07. The molecule has 0 radical (unpaired) electrons. The predicted octanol–water partition coefficient (Wildman–Crippen LogP) is 0.473. The second-order valence-electron chi connectivity index (χ2n) is 4.55. The van der Waals surface area contributed by atoms with Gasteiger partial charge in [0, 0.05) is 32.4 Å². The van der Waals surface area contributed by atoms with Gasteiger partial charge in [-0.25, -0.2) is 9.78 Å². The van der Waals surface area contributed by atoms with Crippen LogP contribution in [0.5, 0.6) is 0 Å². The normalized spacial score (nSPS) is 14.5. The SMILES string of the molecule is O=C(NCCO)NCc1ccc(N2CCCC2)nc1. The molecule has 0 unspecified atom stereocenters. The Morgan fingerprint density at radius 1 is 1.32 bits per heavy atom. The minimum absolute atomic E-state index is 0.0560. The third kappa shape index (κ3) is 4.10. The highest BCUT2D eigenvalue weighted by molar-refractivity contribution is 5.73. The number of nitrogens with one attached hydrogen (secondary N) is 2. The van der Waals surface area contributed by atoms with Crippen molar-refractivity contribution < 1.29 is 9.90 Å². The first-order chi connectivity index (χ1) is 9.29. The molecule has 1 aliphatic heterocycles. The Hall–Kier alpha value is -1.82. The minimum Gasteiger partial charge on any atom is -0.395 e. The maximum absolute atomic E-state index is 11.3. The fourth-order valence-corrected chi connectivity index (χ4v) is 2.07. The summed E-state index contributed by atoms with van der Waals surface area (Å²) in [6, 6.07) is 3.69. The van der Waals surface area contributed by atoms with Crippen molar-refractivity contribution in [1.29, 1.82) is 0 Å². The number of hydrogen-bond acceptors (Lipinski definition) is 4. The highest BCUT2D eigenvalue weighted by atomic mass is 16.3. The zero-order chi connectivity index (χ0) is 13.5. The van der Waals surface area contributed by atoms with E-state index in [4.69, 9.17) is 5.11 Å². The highest BCUT2D eigenvalue weighted by Crippen LogP contribution is 2.17. The number of aliphatic hydroxyl groups excluding tert-OH is 1. The molecule has 0 aliphatic carbocycles. The van der Waals surface area contributed by atoms with Crippen molar-refractivity contribution in [2.24, 2.45) is 0 Å². The smallest absolute Gasteiger partial charge is 0.315 e. The topological polar surface area (TPSA) is 77.5 Å². The molecule has 3 N–H and O–H groups in total. The molecule has 2 amide bonds. The van der Waals surface area contributed by atoms with Gasteiger partial charge < -0.3 is 20.6 Å². The van der Waals surface area contributed by atoms with Crippen LogP contribution in [0, 0.1) is 0 Å². The van der Waals surface area contributed by atoms with Crippen molar-refractivity contribution in [2.75, 3.05) is 31.1 Å². The van der Waals surface area contributed by atoms with Crippen molar-refractivity contribution in [1.82, 2.24) is 15.6 Å². The van der Waals surface area contributed by atoms with Gasteiger partial charge in [0.05, 0.1) is 6.61 Å². The van der Waals surface area contributed by atoms with Crippen molar-refractivity contribution in [3.8, 4) is 0 Å². The number of amides is 2. The van der Waals surface area contributed by atoms with Gasteiger partial charge in [0.25, 0.3) is 0 Å². The van der Waals surface area contributed by atoms with Crippen LogP contribution in [-0.2, 0) is 6.54 Å². The Labute approximate surface area is 112 Å². The molecule has 1 aromatic rings. The quantitative estimate of drug-likeness (QED) is 0.722. The van der Waals surface area contributed by atoms with Crippen LogP contribution >= 0.6 is 0 Å². The van der Waals surface area contributed by atoms with E-state index in [2.05, 4.69) is 20.5 Å². The molecule has 0 atom stereocenters. The molecule has 1 aromatic heterocycles. The summed E-state index contributed by atoms with van der Waals surface area (Å²) in [5, 5.41) is 13.8. The predicted molar refractivity (Wildman–Crippen MR) is 73.0 cm³/mol. The summed E-state index contributed by atoms with van der Waals surface area (Å²) >= 11 is 0. The van der Waals surface area contributed by atoms with Crippen LogP contribution in [0.3, 0.4) is 0 Å². The fraction of sp³-hybridized carbons (Fsp3) is 0.538. The van der Waals surface area contributed by atoms with Gasteiger partial charge in [-0.15, -0.1) is 0 Å². The lowest BCUT2D eigenvalue weighted by molar-refractivity contribution is 0.234. The monoisotopic (exact) mass is 264 g/mol. The van der Waals surface area contributed by atoms with Crippen molar-refractivity contribution in [3.63, 3.8) is 0 Å². The number of nitrogens with zero attached hydrogens (tertiary/aromatic N) is 2. The molecule has 1 aliphatic rings. The summed E-state index contributed by atoms with van der Waals surface area (Å²) in [4.78, 5) is 18.0. The molecule has 0 saturated carbocycles. The van der Waals surface area contributed by atoms with Crippen LogP contribution in [0.4, 0.5) is 10.6 Å². The Morgan fingerprint density at radius 2 is 2.11 bits per heavy atom. The van der Waals surface area contributed by atoms with E-state index < -0.39 is 0 Å². The van der Waals surface area contributed by atoms with E-state index in [0.29, 0.717) is 6.54 Å². The molecule has 19 heavy (non-hydrogen) atoms. The molecule has 0 aromatic carbocycles. The number of urea groups is 1. The lowest BCUT2D eigenvalue weighted by atomic mass is 10.3. The van der Waals surface area contributed by atoms with Gasteiger partial charge in [-0.2, -0.15) is 0 Å². The van der Waals surface area contributed by atoms with Gasteiger partial charge in [-0.05, 0) is 24.5 Å². The van der Waals surface area contributed by atoms with Gasteiger partial charge >= 0.3 is 6.03 Å². The Morgan fingerprint density at radius 3 is 2.74 bits per heavy atom. The van der Waals surface area contributed by atoms with E-state index >= 15 is 0 Å². The maximum Gasteiger partial charge on any atom is 0.315 e. The molecular weight excluding hydrogens is 244 g/mol. The second-order valence-corrected chi connectivity index (χ2v) is 4.55. The largest absolute Gasteiger partial charge is 0.395 e. The van der Waals surface area contributed by atoms with Crippen LogP contribution < -0.4 is 15.5 Å². The number of aliphatic hydroxyl groups is 1. The summed E-state index contributed by atoms with van der Waals surface area (Å²) in [7, 11) is 0. The lowest BCUT2D eigenvalue weighted by Gasteiger charge is -2.16. The second kappa shape index (κ2) is 6.94. The van der Waals surface area contributed by atoms with Gasteiger partial charge in [0.15, 0.2) is 0 Å². The molecule has 6 heteroatoms. The molecule has 6 nitrogen and oxygen atoms in total. The van der Waals surface area contributed by atoms with E-state index in [0.717, 1.165) is 24.5 Å². The van der Waals surface area contributed by atoms with Crippen molar-refractivity contribution in [3.05, 3.63) is 23.9 Å². The number of anilines is 1. The number of carbonyl (C=O) groups excluding carboxylic acids is 1. The van der Waals surface area contributed by atoms with E-state index in [1.54, 1.807) is 6.20 Å². The zero-order valence-corrected chi connectivity index (χ0v) is 10.9. The average Bonchev–Trinajstić information content (AvgIpc) is 2.97. The van der Waals surface area contributed by atoms with E-state index in [1.807, 2.05) is 12.1 Å². The van der Waals surface area contributed by atoms with Gasteiger partial charge in [0.1, 0.15) is 5.82 Å². The first-order valence-corrected chi connectivity index (χ1v) is 6.62. The zero-order valence-electron chi connectivity index (χ0n) is 10.9. The summed E-state index contributed by atoms with van der Waals surface area (Å²) < 4.78 is 0. The molecule has 1 saturated heterocycles. The summed E-state index contributed by atoms with van der Waals surface area (Å²) in [5.74, 6) is 1.01. The third-order valence-corrected chi connectivity index (χ3v) is 3.09. The highest BCUT2D eigenvalue weighted by Gasteiger charge is 2.12. The van der Waals surface area contributed by atoms with Gasteiger partial charge in [0.2, 0.25) is 0 Å². The van der Waals surface area contributed by atoms with Crippen LogP contribution in [0.15, 0.2) is 18.3 Å². The third-order valence-electron chi connectivity index (χ3n) is 3.09. The Bertz CT molecular complexity index is 402. The lowest BCUT2D eigenvalue weighted by Crippen LogP contribution is -2.36. The summed E-state index contributed by atoms with van der Waals surface area (Å²) in [5.41, 5.74) is 0.960. The first-order valence-electron chi connectivity index (χ1n) is 6.62. The minimum atomic E-state index is -0.280. The van der Waals surface area contributed by atoms with Gasteiger partial charge in [-0.3, -0.25) is 0 Å². The van der Waals surface area contributed by atoms with Crippen molar-refractivity contribution >= 4 is 11.8 Å². The van der Waals surface area contributed by atoms with Gasteiger partial charge in [-0.1, -0.05) is 6.07 Å². The van der Waals surface area contributed by atoms with E-state index in [9.17, 15) is 4.79 Å². The molecule has 2 rings (SSSR count). The molecule has 2 heterocycles. The maximum atomic E-state index is 11.3. The molecule has 104 valence electrons. The Kier molecular flexibility index (Phi) is 4.97. The summed E-state index contributed by atoms with van der Waals surface area (Å²) in [6.45, 7) is 2.80. The number of hydrogen-bond donors (Lipinski definition) is 3. The standard InChI is InChI=1S/C13H20N4O2/c18-8-5-14-13(19)16-10-11-3-4-12(15-9-11)17-6-1-2-7-17/h3-4,9,18H,1-2,5-8,10H2,(H2,14,16,19). The van der Waals surface area contributed by atoms with Crippen LogP contribution in [-0.4, -0.2) is 42.4 Å². The molecular formula is C13H20N4O2. The number of aromatic nitrogens is 1. The Balaban J connectivity index is 1.79. The first kappa shape index (κ1) is 13.6. The average molecular weight is 264 g/mol.